The predicted octanol–water partition coefficient (Wildman–Crippen LogP) is 4.65. The van der Waals surface area contributed by atoms with Gasteiger partial charge in [0.1, 0.15) is 5.82 Å². The normalized spacial score (nSPS) is 17.6. The SMILES string of the molecule is CCc1cc(CCl)cc(N2CCC(C(C)(C)C)CC2)n1. The average molecular weight is 295 g/mol. The van der Waals surface area contributed by atoms with E-state index >= 15 is 0 Å². The van der Waals surface area contributed by atoms with Crippen molar-refractivity contribution in [2.24, 2.45) is 11.3 Å². The maximum atomic E-state index is 6.00. The highest BCUT2D eigenvalue weighted by Gasteiger charge is 2.29. The second kappa shape index (κ2) is 6.34. The maximum Gasteiger partial charge on any atom is 0.129 e. The molecule has 1 saturated heterocycles. The number of aryl methyl sites for hydroxylation is 1. The molecule has 2 heterocycles. The quantitative estimate of drug-likeness (QED) is 0.755. The minimum Gasteiger partial charge on any atom is -0.357 e. The van der Waals surface area contributed by atoms with Crippen LogP contribution in [0, 0.1) is 11.3 Å². The van der Waals surface area contributed by atoms with Crippen LogP contribution < -0.4 is 4.90 Å². The average Bonchev–Trinajstić information content (AvgIpc) is 2.46. The van der Waals surface area contributed by atoms with Gasteiger partial charge in [0, 0.05) is 24.7 Å². The first-order valence-electron chi connectivity index (χ1n) is 7.74. The fourth-order valence-electron chi connectivity index (χ4n) is 3.03. The smallest absolute Gasteiger partial charge is 0.129 e. The summed E-state index contributed by atoms with van der Waals surface area (Å²) in [5, 5.41) is 0. The van der Waals surface area contributed by atoms with Gasteiger partial charge in [0.25, 0.3) is 0 Å². The van der Waals surface area contributed by atoms with E-state index in [9.17, 15) is 0 Å². The number of aromatic nitrogens is 1. The van der Waals surface area contributed by atoms with Crippen molar-refractivity contribution in [3.63, 3.8) is 0 Å². The van der Waals surface area contributed by atoms with E-state index < -0.39 is 0 Å². The number of hydrogen-bond donors (Lipinski definition) is 0. The van der Waals surface area contributed by atoms with Crippen LogP contribution in [0.25, 0.3) is 0 Å². The van der Waals surface area contributed by atoms with Crippen molar-refractivity contribution in [2.45, 2.75) is 52.8 Å². The number of anilines is 1. The number of nitrogens with zero attached hydrogens (tertiary/aromatic N) is 2. The number of pyridine rings is 1. The molecule has 0 radical (unpaired) electrons. The lowest BCUT2D eigenvalue weighted by Gasteiger charge is -2.39. The van der Waals surface area contributed by atoms with Crippen LogP contribution in [0.2, 0.25) is 0 Å². The van der Waals surface area contributed by atoms with Crippen molar-refractivity contribution in [3.05, 3.63) is 23.4 Å². The molecular weight excluding hydrogens is 268 g/mol. The Bertz CT molecular complexity index is 421. The molecule has 2 nitrogen and oxygen atoms in total. The molecule has 1 aliphatic heterocycles. The van der Waals surface area contributed by atoms with E-state index in [0.29, 0.717) is 11.3 Å². The van der Waals surface area contributed by atoms with Gasteiger partial charge < -0.3 is 4.90 Å². The van der Waals surface area contributed by atoms with Gasteiger partial charge in [-0.1, -0.05) is 27.7 Å². The highest BCUT2D eigenvalue weighted by atomic mass is 35.5. The van der Waals surface area contributed by atoms with Gasteiger partial charge in [-0.3, -0.25) is 0 Å². The Morgan fingerprint density at radius 2 is 1.90 bits per heavy atom. The molecule has 3 heteroatoms. The van der Waals surface area contributed by atoms with Crippen molar-refractivity contribution in [1.29, 1.82) is 0 Å². The third kappa shape index (κ3) is 3.66. The summed E-state index contributed by atoms with van der Waals surface area (Å²) in [6.45, 7) is 11.4. The third-order valence-corrected chi connectivity index (χ3v) is 4.79. The fraction of sp³-hybridized carbons (Fsp3) is 0.706. The second-order valence-corrected chi connectivity index (χ2v) is 7.21. The lowest BCUT2D eigenvalue weighted by atomic mass is 9.75. The lowest BCUT2D eigenvalue weighted by molar-refractivity contribution is 0.198. The zero-order chi connectivity index (χ0) is 14.8. The summed E-state index contributed by atoms with van der Waals surface area (Å²) in [4.78, 5) is 7.21. The third-order valence-electron chi connectivity index (χ3n) is 4.48. The Kier molecular flexibility index (Phi) is 4.95. The van der Waals surface area contributed by atoms with Gasteiger partial charge in [-0.2, -0.15) is 0 Å². The predicted molar refractivity (Wildman–Crippen MR) is 87.6 cm³/mol. The Balaban J connectivity index is 2.10. The van der Waals surface area contributed by atoms with Crippen molar-refractivity contribution in [2.75, 3.05) is 18.0 Å². The van der Waals surface area contributed by atoms with Gasteiger partial charge in [-0.25, -0.2) is 4.98 Å². The van der Waals surface area contributed by atoms with Crippen LogP contribution >= 0.6 is 11.6 Å². The van der Waals surface area contributed by atoms with Crippen molar-refractivity contribution in [1.82, 2.24) is 4.98 Å². The van der Waals surface area contributed by atoms with Crippen LogP contribution in [0.15, 0.2) is 12.1 Å². The number of piperidine rings is 1. The van der Waals surface area contributed by atoms with E-state index in [-0.39, 0.29) is 0 Å². The molecule has 20 heavy (non-hydrogen) atoms. The lowest BCUT2D eigenvalue weighted by Crippen LogP contribution is -2.38. The van der Waals surface area contributed by atoms with Crippen molar-refractivity contribution in [3.8, 4) is 0 Å². The van der Waals surface area contributed by atoms with Crippen molar-refractivity contribution < 1.29 is 0 Å². The molecule has 0 aliphatic carbocycles. The zero-order valence-electron chi connectivity index (χ0n) is 13.2. The van der Waals surface area contributed by atoms with Crippen LogP contribution in [0.5, 0.6) is 0 Å². The number of hydrogen-bond acceptors (Lipinski definition) is 2. The molecule has 2 rings (SSSR count). The largest absolute Gasteiger partial charge is 0.357 e. The summed E-state index contributed by atoms with van der Waals surface area (Å²) in [5.41, 5.74) is 2.76. The minimum absolute atomic E-state index is 0.423. The molecule has 0 spiro atoms. The molecule has 1 fully saturated rings. The van der Waals surface area contributed by atoms with Crippen molar-refractivity contribution >= 4 is 17.4 Å². The van der Waals surface area contributed by atoms with Gasteiger partial charge in [-0.05, 0) is 48.3 Å². The Labute approximate surface area is 128 Å². The zero-order valence-corrected chi connectivity index (χ0v) is 14.0. The highest BCUT2D eigenvalue weighted by Crippen LogP contribution is 2.35. The van der Waals surface area contributed by atoms with Crippen LogP contribution in [0.4, 0.5) is 5.82 Å². The molecule has 112 valence electrons. The summed E-state index contributed by atoms with van der Waals surface area (Å²) >= 11 is 6.00. The van der Waals surface area contributed by atoms with Crippen LogP contribution in [0.3, 0.4) is 0 Å². The first kappa shape index (κ1) is 15.6. The fourth-order valence-corrected chi connectivity index (χ4v) is 3.18. The molecule has 0 bridgehead atoms. The van der Waals surface area contributed by atoms with E-state index in [1.54, 1.807) is 0 Å². The van der Waals surface area contributed by atoms with Gasteiger partial charge in [-0.15, -0.1) is 11.6 Å². The molecule has 1 aromatic heterocycles. The summed E-state index contributed by atoms with van der Waals surface area (Å²) < 4.78 is 0. The number of alkyl halides is 1. The highest BCUT2D eigenvalue weighted by molar-refractivity contribution is 6.17. The van der Waals surface area contributed by atoms with Crippen LogP contribution in [-0.4, -0.2) is 18.1 Å². The first-order chi connectivity index (χ1) is 9.44. The standard InChI is InChI=1S/C17H27ClN2/c1-5-15-10-13(12-18)11-16(19-15)20-8-6-14(7-9-20)17(2,3)4/h10-11,14H,5-9,12H2,1-4H3. The van der Waals surface area contributed by atoms with Gasteiger partial charge >= 0.3 is 0 Å². The molecule has 0 atom stereocenters. The van der Waals surface area contributed by atoms with E-state index in [0.717, 1.165) is 36.9 Å². The number of rotatable bonds is 3. The van der Waals surface area contributed by atoms with E-state index in [1.807, 2.05) is 0 Å². The molecule has 0 saturated carbocycles. The van der Waals surface area contributed by atoms with E-state index in [4.69, 9.17) is 16.6 Å². The summed E-state index contributed by atoms with van der Waals surface area (Å²) in [6.07, 6.45) is 3.49. The topological polar surface area (TPSA) is 16.1 Å². The molecule has 0 unspecified atom stereocenters. The van der Waals surface area contributed by atoms with Gasteiger partial charge in [0.05, 0.1) is 0 Å². The Hall–Kier alpha value is -0.760. The van der Waals surface area contributed by atoms with Crippen LogP contribution in [0.1, 0.15) is 51.8 Å². The van der Waals surface area contributed by atoms with Gasteiger partial charge in [0.2, 0.25) is 0 Å². The second-order valence-electron chi connectivity index (χ2n) is 6.94. The molecule has 0 N–H and O–H groups in total. The Morgan fingerprint density at radius 3 is 2.40 bits per heavy atom. The summed E-state index contributed by atoms with van der Waals surface area (Å²) in [7, 11) is 0. The first-order valence-corrected chi connectivity index (χ1v) is 8.28. The molecule has 1 aromatic rings. The van der Waals surface area contributed by atoms with Crippen LogP contribution in [-0.2, 0) is 12.3 Å². The molecule has 0 aromatic carbocycles. The Morgan fingerprint density at radius 1 is 1.25 bits per heavy atom. The number of halogens is 1. The van der Waals surface area contributed by atoms with Gasteiger partial charge in [0.15, 0.2) is 0 Å². The molecular formula is C17H27ClN2. The van der Waals surface area contributed by atoms with E-state index in [2.05, 4.69) is 44.7 Å². The summed E-state index contributed by atoms with van der Waals surface area (Å²) in [5.74, 6) is 2.51. The van der Waals surface area contributed by atoms with E-state index in [1.165, 1.54) is 18.4 Å². The molecule has 1 aliphatic rings. The molecule has 0 amide bonds. The minimum atomic E-state index is 0.423. The summed E-state index contributed by atoms with van der Waals surface area (Å²) in [6, 6.07) is 4.28. The maximum absolute atomic E-state index is 6.00. The monoisotopic (exact) mass is 294 g/mol.